The Hall–Kier alpha value is -2.56. The smallest absolute Gasteiger partial charge is 0.319 e. The van der Waals surface area contributed by atoms with Gasteiger partial charge in [0.2, 0.25) is 5.91 Å². The highest BCUT2D eigenvalue weighted by molar-refractivity contribution is 6.02. The third-order valence-corrected chi connectivity index (χ3v) is 3.33. The summed E-state index contributed by atoms with van der Waals surface area (Å²) in [7, 11) is 0. The van der Waals surface area contributed by atoms with Crippen LogP contribution in [-0.2, 0) is 4.79 Å². The number of anilines is 1. The number of benzene rings is 2. The van der Waals surface area contributed by atoms with E-state index in [4.69, 9.17) is 0 Å². The third-order valence-electron chi connectivity index (χ3n) is 3.33. The summed E-state index contributed by atoms with van der Waals surface area (Å²) < 4.78 is 0. The number of hydrogen-bond acceptors (Lipinski definition) is 2. The van der Waals surface area contributed by atoms with E-state index >= 15 is 0 Å². The average molecular weight is 299 g/mol. The summed E-state index contributed by atoms with van der Waals surface area (Å²) in [6, 6.07) is 12.5. The summed E-state index contributed by atoms with van der Waals surface area (Å²) in [5.74, 6) is -0.185. The molecule has 0 aliphatic carbocycles. The number of rotatable bonds is 5. The highest BCUT2D eigenvalue weighted by Gasteiger charge is 2.15. The number of nitrogens with one attached hydrogen (secondary N) is 3. The van der Waals surface area contributed by atoms with Crippen LogP contribution in [0.25, 0.3) is 10.8 Å². The SMILES string of the molecule is CCCNC(=O)[C@H](C)NC(=O)Nc1cccc2ccccc12. The van der Waals surface area contributed by atoms with Crippen LogP contribution in [0.3, 0.4) is 0 Å². The minimum absolute atomic E-state index is 0.185. The fourth-order valence-electron chi connectivity index (χ4n) is 2.16. The third kappa shape index (κ3) is 3.97. The lowest BCUT2D eigenvalue weighted by molar-refractivity contribution is -0.122. The maximum absolute atomic E-state index is 12.0. The van der Waals surface area contributed by atoms with Crippen molar-refractivity contribution in [2.75, 3.05) is 11.9 Å². The van der Waals surface area contributed by atoms with Gasteiger partial charge >= 0.3 is 6.03 Å². The first kappa shape index (κ1) is 15.8. The summed E-state index contributed by atoms with van der Waals surface area (Å²) in [5, 5.41) is 10.2. The molecule has 0 heterocycles. The van der Waals surface area contributed by atoms with Gasteiger partial charge in [-0.25, -0.2) is 4.79 Å². The molecule has 0 radical (unpaired) electrons. The van der Waals surface area contributed by atoms with Gasteiger partial charge in [-0.3, -0.25) is 4.79 Å². The van der Waals surface area contributed by atoms with Crippen LogP contribution in [0.4, 0.5) is 10.5 Å². The van der Waals surface area contributed by atoms with E-state index in [0.29, 0.717) is 6.54 Å². The van der Waals surface area contributed by atoms with Gasteiger partial charge in [-0.05, 0) is 24.8 Å². The van der Waals surface area contributed by atoms with E-state index in [0.717, 1.165) is 22.9 Å². The molecule has 0 fully saturated rings. The minimum atomic E-state index is -0.582. The fourth-order valence-corrected chi connectivity index (χ4v) is 2.16. The first-order valence-electron chi connectivity index (χ1n) is 7.44. The molecule has 2 aromatic carbocycles. The van der Waals surface area contributed by atoms with E-state index in [1.165, 1.54) is 0 Å². The summed E-state index contributed by atoms with van der Waals surface area (Å²) in [6.45, 7) is 4.25. The van der Waals surface area contributed by atoms with Crippen LogP contribution >= 0.6 is 0 Å². The lowest BCUT2D eigenvalue weighted by atomic mass is 10.1. The Kier molecular flexibility index (Phi) is 5.36. The van der Waals surface area contributed by atoms with E-state index in [1.807, 2.05) is 49.4 Å². The number of carbonyl (C=O) groups is 2. The lowest BCUT2D eigenvalue weighted by Crippen LogP contribution is -2.46. The molecule has 0 aromatic heterocycles. The molecule has 0 bridgehead atoms. The maximum Gasteiger partial charge on any atom is 0.319 e. The summed E-state index contributed by atoms with van der Waals surface area (Å²) >= 11 is 0. The van der Waals surface area contributed by atoms with Crippen LogP contribution < -0.4 is 16.0 Å². The Morgan fingerprint density at radius 3 is 2.59 bits per heavy atom. The number of fused-ring (bicyclic) bond motifs is 1. The van der Waals surface area contributed by atoms with Gasteiger partial charge in [0, 0.05) is 11.9 Å². The Morgan fingerprint density at radius 2 is 1.82 bits per heavy atom. The molecule has 0 spiro atoms. The van der Waals surface area contributed by atoms with Gasteiger partial charge in [0.15, 0.2) is 0 Å². The zero-order valence-electron chi connectivity index (χ0n) is 12.8. The maximum atomic E-state index is 12.0. The van der Waals surface area contributed by atoms with E-state index in [9.17, 15) is 9.59 Å². The molecule has 3 N–H and O–H groups in total. The molecule has 0 aliphatic heterocycles. The van der Waals surface area contributed by atoms with Crippen LogP contribution in [-0.4, -0.2) is 24.5 Å². The predicted molar refractivity (Wildman–Crippen MR) is 88.9 cm³/mol. The van der Waals surface area contributed by atoms with Crippen molar-refractivity contribution in [3.8, 4) is 0 Å². The van der Waals surface area contributed by atoms with Crippen LogP contribution in [0.15, 0.2) is 42.5 Å². The van der Waals surface area contributed by atoms with Crippen molar-refractivity contribution >= 4 is 28.4 Å². The Bertz CT molecular complexity index is 665. The van der Waals surface area contributed by atoms with Gasteiger partial charge in [0.1, 0.15) is 6.04 Å². The van der Waals surface area contributed by atoms with Crippen LogP contribution in [0.5, 0.6) is 0 Å². The summed E-state index contributed by atoms with van der Waals surface area (Å²) in [5.41, 5.74) is 0.719. The number of amides is 3. The molecular weight excluding hydrogens is 278 g/mol. The Balaban J connectivity index is 2.00. The van der Waals surface area contributed by atoms with Crippen LogP contribution in [0.1, 0.15) is 20.3 Å². The molecule has 5 nitrogen and oxygen atoms in total. The van der Waals surface area contributed by atoms with Crippen molar-refractivity contribution in [2.45, 2.75) is 26.3 Å². The van der Waals surface area contributed by atoms with Crippen molar-refractivity contribution in [3.63, 3.8) is 0 Å². The zero-order chi connectivity index (χ0) is 15.9. The Labute approximate surface area is 130 Å². The monoisotopic (exact) mass is 299 g/mol. The van der Waals surface area contributed by atoms with E-state index in [2.05, 4.69) is 16.0 Å². The molecule has 0 aliphatic rings. The topological polar surface area (TPSA) is 70.2 Å². The van der Waals surface area contributed by atoms with E-state index in [1.54, 1.807) is 6.92 Å². The summed E-state index contributed by atoms with van der Waals surface area (Å²) in [4.78, 5) is 23.8. The lowest BCUT2D eigenvalue weighted by Gasteiger charge is -2.15. The van der Waals surface area contributed by atoms with E-state index in [-0.39, 0.29) is 5.91 Å². The number of urea groups is 1. The second-order valence-corrected chi connectivity index (χ2v) is 5.14. The molecule has 1 atom stereocenters. The molecule has 0 saturated carbocycles. The van der Waals surface area contributed by atoms with Crippen molar-refractivity contribution in [3.05, 3.63) is 42.5 Å². The average Bonchev–Trinajstić information content (AvgIpc) is 2.52. The van der Waals surface area contributed by atoms with Gasteiger partial charge in [0.05, 0.1) is 5.69 Å². The standard InChI is InChI=1S/C17H21N3O2/c1-3-11-18-16(21)12(2)19-17(22)20-15-10-6-8-13-7-4-5-9-14(13)15/h4-10,12H,3,11H2,1-2H3,(H,18,21)(H2,19,20,22)/t12-/m0/s1. The highest BCUT2D eigenvalue weighted by Crippen LogP contribution is 2.22. The number of carbonyl (C=O) groups excluding carboxylic acids is 2. The van der Waals surface area contributed by atoms with Crippen molar-refractivity contribution < 1.29 is 9.59 Å². The largest absolute Gasteiger partial charge is 0.354 e. The molecule has 22 heavy (non-hydrogen) atoms. The van der Waals surface area contributed by atoms with Gasteiger partial charge in [-0.1, -0.05) is 43.3 Å². The fraction of sp³-hybridized carbons (Fsp3) is 0.294. The van der Waals surface area contributed by atoms with Crippen LogP contribution in [0.2, 0.25) is 0 Å². The molecule has 5 heteroatoms. The molecule has 116 valence electrons. The molecular formula is C17H21N3O2. The van der Waals surface area contributed by atoms with Crippen LogP contribution in [0, 0.1) is 0 Å². The molecule has 0 saturated heterocycles. The molecule has 3 amide bonds. The van der Waals surface area contributed by atoms with Crippen molar-refractivity contribution in [1.29, 1.82) is 0 Å². The van der Waals surface area contributed by atoms with Crippen molar-refractivity contribution in [1.82, 2.24) is 10.6 Å². The van der Waals surface area contributed by atoms with Gasteiger partial charge < -0.3 is 16.0 Å². The minimum Gasteiger partial charge on any atom is -0.354 e. The molecule has 2 aromatic rings. The normalized spacial score (nSPS) is 11.7. The van der Waals surface area contributed by atoms with Gasteiger partial charge in [-0.2, -0.15) is 0 Å². The zero-order valence-corrected chi connectivity index (χ0v) is 12.8. The molecule has 2 rings (SSSR count). The van der Waals surface area contributed by atoms with Crippen molar-refractivity contribution in [2.24, 2.45) is 0 Å². The van der Waals surface area contributed by atoms with E-state index < -0.39 is 12.1 Å². The number of hydrogen-bond donors (Lipinski definition) is 3. The first-order chi connectivity index (χ1) is 10.6. The second kappa shape index (κ2) is 7.45. The van der Waals surface area contributed by atoms with Gasteiger partial charge in [-0.15, -0.1) is 0 Å². The van der Waals surface area contributed by atoms with Gasteiger partial charge in [0.25, 0.3) is 0 Å². The summed E-state index contributed by atoms with van der Waals surface area (Å²) in [6.07, 6.45) is 0.862. The predicted octanol–water partition coefficient (Wildman–Crippen LogP) is 2.88. The second-order valence-electron chi connectivity index (χ2n) is 5.14. The quantitative estimate of drug-likeness (QED) is 0.794. The highest BCUT2D eigenvalue weighted by atomic mass is 16.2. The Morgan fingerprint density at radius 1 is 1.09 bits per heavy atom. The first-order valence-corrected chi connectivity index (χ1v) is 7.44. The molecule has 0 unspecified atom stereocenters.